The van der Waals surface area contributed by atoms with Crippen LogP contribution in [0.25, 0.3) is 0 Å². The highest BCUT2D eigenvalue weighted by molar-refractivity contribution is 5.69. The molecule has 0 saturated carbocycles. The third-order valence-corrected chi connectivity index (χ3v) is 6.19. The zero-order valence-electron chi connectivity index (χ0n) is 24.7. The third kappa shape index (κ3) is 9.61. The van der Waals surface area contributed by atoms with E-state index in [9.17, 15) is 28.8 Å². The number of carbonyl (C=O) groups excluding carboxylic acids is 6. The number of carbonyl (C=O) groups is 6. The van der Waals surface area contributed by atoms with Crippen molar-refractivity contribution in [1.82, 2.24) is 0 Å². The maximum Gasteiger partial charge on any atom is 0.303 e. The smallest absolute Gasteiger partial charge is 0.303 e. The van der Waals surface area contributed by atoms with E-state index in [4.69, 9.17) is 47.4 Å². The van der Waals surface area contributed by atoms with Crippen molar-refractivity contribution in [2.45, 2.75) is 116 Å². The normalized spacial score (nSPS) is 32.6. The lowest BCUT2D eigenvalue weighted by Gasteiger charge is -2.46. The van der Waals surface area contributed by atoms with Crippen LogP contribution in [0, 0.1) is 0 Å². The second-order valence-corrected chi connectivity index (χ2v) is 9.58. The summed E-state index contributed by atoms with van der Waals surface area (Å²) in [5.74, 6) is -4.45. The predicted molar refractivity (Wildman–Crippen MR) is 134 cm³/mol. The van der Waals surface area contributed by atoms with Crippen LogP contribution in [0.5, 0.6) is 0 Å². The molecule has 16 heteroatoms. The van der Waals surface area contributed by atoms with Crippen molar-refractivity contribution < 1.29 is 76.1 Å². The Morgan fingerprint density at radius 2 is 0.667 bits per heavy atom. The van der Waals surface area contributed by atoms with Gasteiger partial charge in [0, 0.05) is 55.8 Å². The maximum absolute atomic E-state index is 12.1. The minimum Gasteiger partial charge on any atom is -0.456 e. The summed E-state index contributed by atoms with van der Waals surface area (Å²) in [4.78, 5) is 71.7. The Morgan fingerprint density at radius 3 is 0.905 bits per heavy atom. The van der Waals surface area contributed by atoms with E-state index in [1.54, 1.807) is 0 Å². The fraction of sp³-hybridized carbons (Fsp3) is 0.769. The van der Waals surface area contributed by atoms with E-state index in [1.807, 2.05) is 0 Å². The average Bonchev–Trinajstić information content (AvgIpc) is 2.86. The summed E-state index contributed by atoms with van der Waals surface area (Å²) in [6.07, 6.45) is -12.3. The Hall–Kier alpha value is -3.34. The van der Waals surface area contributed by atoms with Crippen LogP contribution in [0.1, 0.15) is 54.4 Å². The summed E-state index contributed by atoms with van der Waals surface area (Å²) in [6, 6.07) is 0. The molecule has 0 aromatic heterocycles. The van der Waals surface area contributed by atoms with E-state index in [2.05, 4.69) is 0 Å². The van der Waals surface area contributed by atoms with E-state index in [-0.39, 0.29) is 12.8 Å². The first-order chi connectivity index (χ1) is 19.7. The first-order valence-corrected chi connectivity index (χ1v) is 13.1. The van der Waals surface area contributed by atoms with Gasteiger partial charge in [-0.3, -0.25) is 28.8 Å². The zero-order valence-corrected chi connectivity index (χ0v) is 24.7. The number of esters is 6. The van der Waals surface area contributed by atoms with Crippen LogP contribution < -0.4 is 0 Å². The summed E-state index contributed by atoms with van der Waals surface area (Å²) in [5.41, 5.74) is 0. The standard InChI is InChI=1S/C26H38O16/c1-11(27)35-19-17(41-25(33-7)23(39-15(5)31)21(19)37-13(3)29)9-10-18-20(36-12(2)28)22(38-14(4)30)24(40-16(6)32)26(34-8)42-18/h17-26H,9-10H2,1-8H3/t17-,18-,19-,20+,21+,22-,23+,24-,25+,26+/m1/s1. The SMILES string of the molecule is CO[C@H]1O[C@H](CC[C@H]2O[C@H](OC)[C@H](OC(C)=O)[C@H](OC(C)=O)[C@H]2OC(C)=O)[C@@H](OC(C)=O)[C@H](OC(C)=O)[C@@H]1OC(C)=O. The van der Waals surface area contributed by atoms with Crippen molar-refractivity contribution in [3.63, 3.8) is 0 Å². The van der Waals surface area contributed by atoms with Gasteiger partial charge in [0.1, 0.15) is 12.2 Å². The molecule has 0 aromatic carbocycles. The summed E-state index contributed by atoms with van der Waals surface area (Å²) < 4.78 is 55.0. The molecule has 0 radical (unpaired) electrons. The molecule has 10 atom stereocenters. The molecule has 2 rings (SSSR count). The van der Waals surface area contributed by atoms with Crippen molar-refractivity contribution in [3.8, 4) is 0 Å². The molecule has 0 aliphatic carbocycles. The number of rotatable bonds is 11. The Labute approximate surface area is 242 Å². The monoisotopic (exact) mass is 606 g/mol. The minimum atomic E-state index is -1.32. The van der Waals surface area contributed by atoms with Crippen molar-refractivity contribution in [3.05, 3.63) is 0 Å². The van der Waals surface area contributed by atoms with Crippen LogP contribution in [-0.2, 0) is 76.1 Å². The molecule has 0 spiro atoms. The first-order valence-electron chi connectivity index (χ1n) is 13.1. The molecular formula is C26H38O16. The fourth-order valence-electron chi connectivity index (χ4n) is 4.88. The molecule has 0 aromatic rings. The van der Waals surface area contributed by atoms with Gasteiger partial charge in [-0.25, -0.2) is 0 Å². The van der Waals surface area contributed by atoms with Gasteiger partial charge in [-0.1, -0.05) is 0 Å². The topological polar surface area (TPSA) is 195 Å². The van der Waals surface area contributed by atoms with Gasteiger partial charge in [-0.2, -0.15) is 0 Å². The lowest BCUT2D eigenvalue weighted by Crippen LogP contribution is -2.63. The van der Waals surface area contributed by atoms with Crippen LogP contribution in [-0.4, -0.2) is 111 Å². The highest BCUT2D eigenvalue weighted by Gasteiger charge is 2.54. The average molecular weight is 607 g/mol. The van der Waals surface area contributed by atoms with E-state index >= 15 is 0 Å². The summed E-state index contributed by atoms with van der Waals surface area (Å²) in [6.45, 7) is 6.79. The molecule has 238 valence electrons. The maximum atomic E-state index is 12.1. The molecule has 42 heavy (non-hydrogen) atoms. The molecule has 2 fully saturated rings. The fourth-order valence-corrected chi connectivity index (χ4v) is 4.88. The quantitative estimate of drug-likeness (QED) is 0.227. The van der Waals surface area contributed by atoms with E-state index in [1.165, 1.54) is 14.2 Å². The number of hydrogen-bond acceptors (Lipinski definition) is 16. The number of ether oxygens (including phenoxy) is 10. The Kier molecular flexibility index (Phi) is 13.1. The predicted octanol–water partition coefficient (Wildman–Crippen LogP) is 0.0994. The minimum absolute atomic E-state index is 0.00769. The Morgan fingerprint density at radius 1 is 0.429 bits per heavy atom. The largest absolute Gasteiger partial charge is 0.456 e. The molecule has 0 bridgehead atoms. The number of hydrogen-bond donors (Lipinski definition) is 0. The zero-order chi connectivity index (χ0) is 31.7. The summed E-state index contributed by atoms with van der Waals surface area (Å²) in [7, 11) is 2.55. The van der Waals surface area contributed by atoms with Crippen molar-refractivity contribution in [1.29, 1.82) is 0 Å². The molecule has 16 nitrogen and oxygen atoms in total. The van der Waals surface area contributed by atoms with Gasteiger partial charge in [0.15, 0.2) is 49.2 Å². The van der Waals surface area contributed by atoms with Crippen LogP contribution in [0.15, 0.2) is 0 Å². The van der Waals surface area contributed by atoms with E-state index < -0.39 is 97.2 Å². The Balaban J connectivity index is 2.45. The molecular weight excluding hydrogens is 568 g/mol. The third-order valence-electron chi connectivity index (χ3n) is 6.19. The molecule has 0 N–H and O–H groups in total. The van der Waals surface area contributed by atoms with Crippen LogP contribution >= 0.6 is 0 Å². The van der Waals surface area contributed by atoms with Crippen molar-refractivity contribution in [2.24, 2.45) is 0 Å². The van der Waals surface area contributed by atoms with Gasteiger partial charge in [0.2, 0.25) is 0 Å². The highest BCUT2D eigenvalue weighted by Crippen LogP contribution is 2.35. The van der Waals surface area contributed by atoms with Crippen LogP contribution in [0.3, 0.4) is 0 Å². The summed E-state index contributed by atoms with van der Waals surface area (Å²) >= 11 is 0. The van der Waals surface area contributed by atoms with Crippen LogP contribution in [0.2, 0.25) is 0 Å². The van der Waals surface area contributed by atoms with Gasteiger partial charge in [0.05, 0.1) is 0 Å². The molecule has 2 saturated heterocycles. The lowest BCUT2D eigenvalue weighted by atomic mass is 9.90. The van der Waals surface area contributed by atoms with E-state index in [0.29, 0.717) is 0 Å². The molecule has 0 unspecified atom stereocenters. The van der Waals surface area contributed by atoms with E-state index in [0.717, 1.165) is 41.5 Å². The summed E-state index contributed by atoms with van der Waals surface area (Å²) in [5, 5.41) is 0. The highest BCUT2D eigenvalue weighted by atomic mass is 16.7. The lowest BCUT2D eigenvalue weighted by molar-refractivity contribution is -0.308. The van der Waals surface area contributed by atoms with Gasteiger partial charge in [0.25, 0.3) is 0 Å². The van der Waals surface area contributed by atoms with Crippen LogP contribution in [0.4, 0.5) is 0 Å². The molecule has 2 aliphatic heterocycles. The molecule has 0 amide bonds. The van der Waals surface area contributed by atoms with Crippen molar-refractivity contribution >= 4 is 35.8 Å². The first kappa shape index (κ1) is 34.9. The molecule has 2 aliphatic rings. The second kappa shape index (κ2) is 15.8. The number of methoxy groups -OCH3 is 2. The van der Waals surface area contributed by atoms with Gasteiger partial charge in [-0.05, 0) is 12.8 Å². The Bertz CT molecular complexity index is 919. The second-order valence-electron chi connectivity index (χ2n) is 9.58. The van der Waals surface area contributed by atoms with Gasteiger partial charge >= 0.3 is 35.8 Å². The molecule has 2 heterocycles. The van der Waals surface area contributed by atoms with Crippen molar-refractivity contribution in [2.75, 3.05) is 14.2 Å². The van der Waals surface area contributed by atoms with Gasteiger partial charge in [-0.15, -0.1) is 0 Å². The van der Waals surface area contributed by atoms with Gasteiger partial charge < -0.3 is 47.4 Å².